The van der Waals surface area contributed by atoms with Gasteiger partial charge in [-0.1, -0.05) is 24.6 Å². The lowest BCUT2D eigenvalue weighted by Gasteiger charge is -2.06. The first kappa shape index (κ1) is 12.2. The van der Waals surface area contributed by atoms with Gasteiger partial charge in [-0.3, -0.25) is 4.79 Å². The van der Waals surface area contributed by atoms with Gasteiger partial charge in [0, 0.05) is 12.3 Å². The molecule has 1 atom stereocenters. The molecule has 0 heterocycles. The molecule has 0 aliphatic heterocycles. The van der Waals surface area contributed by atoms with Crippen molar-refractivity contribution in [3.05, 3.63) is 24.3 Å². The van der Waals surface area contributed by atoms with Crippen molar-refractivity contribution in [2.75, 3.05) is 0 Å². The fourth-order valence-electron chi connectivity index (χ4n) is 1.03. The van der Waals surface area contributed by atoms with Crippen LogP contribution >= 0.6 is 0 Å². The highest BCUT2D eigenvalue weighted by molar-refractivity contribution is 5.80. The van der Waals surface area contributed by atoms with E-state index in [-0.39, 0.29) is 5.92 Å². The standard InChI is InChI=1S/C12H20O/c1-5-6-7-12(13)11(4)9-8-10(2)3/h5,8,11H,1,6-7,9H2,2-4H3. The van der Waals surface area contributed by atoms with E-state index in [1.807, 2.05) is 6.92 Å². The largest absolute Gasteiger partial charge is 0.299 e. The highest BCUT2D eigenvalue weighted by atomic mass is 16.1. The summed E-state index contributed by atoms with van der Waals surface area (Å²) < 4.78 is 0. The molecular weight excluding hydrogens is 160 g/mol. The van der Waals surface area contributed by atoms with Gasteiger partial charge in [-0.05, 0) is 26.7 Å². The van der Waals surface area contributed by atoms with Crippen molar-refractivity contribution in [3.63, 3.8) is 0 Å². The molecule has 0 aromatic rings. The van der Waals surface area contributed by atoms with E-state index < -0.39 is 0 Å². The number of hydrogen-bond donors (Lipinski definition) is 0. The van der Waals surface area contributed by atoms with Crippen LogP contribution in [-0.2, 0) is 4.79 Å². The molecule has 0 aromatic carbocycles. The molecule has 0 aromatic heterocycles. The molecule has 0 saturated heterocycles. The van der Waals surface area contributed by atoms with Gasteiger partial charge in [0.1, 0.15) is 5.78 Å². The zero-order valence-corrected chi connectivity index (χ0v) is 8.97. The first-order chi connectivity index (χ1) is 6.07. The van der Waals surface area contributed by atoms with Crippen LogP contribution in [0, 0.1) is 5.92 Å². The average Bonchev–Trinajstić information content (AvgIpc) is 2.10. The molecule has 1 unspecified atom stereocenters. The van der Waals surface area contributed by atoms with Crippen molar-refractivity contribution < 1.29 is 4.79 Å². The molecule has 0 spiro atoms. The summed E-state index contributed by atoms with van der Waals surface area (Å²) >= 11 is 0. The third kappa shape index (κ3) is 6.32. The maximum Gasteiger partial charge on any atom is 0.136 e. The van der Waals surface area contributed by atoms with Gasteiger partial charge < -0.3 is 0 Å². The lowest BCUT2D eigenvalue weighted by Crippen LogP contribution is -2.09. The second-order valence-corrected chi connectivity index (χ2v) is 3.71. The van der Waals surface area contributed by atoms with Crippen LogP contribution in [0.25, 0.3) is 0 Å². The Hall–Kier alpha value is -0.850. The molecule has 13 heavy (non-hydrogen) atoms. The average molecular weight is 180 g/mol. The SMILES string of the molecule is C=CCCC(=O)C(C)CC=C(C)C. The molecule has 0 saturated carbocycles. The highest BCUT2D eigenvalue weighted by Crippen LogP contribution is 2.10. The van der Waals surface area contributed by atoms with Gasteiger partial charge in [-0.15, -0.1) is 6.58 Å². The van der Waals surface area contributed by atoms with Gasteiger partial charge in [0.15, 0.2) is 0 Å². The Morgan fingerprint density at radius 1 is 1.46 bits per heavy atom. The minimum absolute atomic E-state index is 0.162. The summed E-state index contributed by atoms with van der Waals surface area (Å²) in [5.41, 5.74) is 1.28. The van der Waals surface area contributed by atoms with E-state index in [1.54, 1.807) is 6.08 Å². The third-order valence-corrected chi connectivity index (χ3v) is 2.02. The van der Waals surface area contributed by atoms with Gasteiger partial charge in [-0.25, -0.2) is 0 Å². The predicted octanol–water partition coefficient (Wildman–Crippen LogP) is 3.51. The quantitative estimate of drug-likeness (QED) is 0.572. The Bertz CT molecular complexity index is 197. The maximum atomic E-state index is 11.4. The summed E-state index contributed by atoms with van der Waals surface area (Å²) in [6, 6.07) is 0. The Kier molecular flexibility index (Phi) is 6.21. The Morgan fingerprint density at radius 3 is 2.54 bits per heavy atom. The van der Waals surface area contributed by atoms with Crippen LogP contribution in [-0.4, -0.2) is 5.78 Å². The van der Waals surface area contributed by atoms with Crippen molar-refractivity contribution in [2.45, 2.75) is 40.0 Å². The molecule has 0 fully saturated rings. The topological polar surface area (TPSA) is 17.1 Å². The fraction of sp³-hybridized carbons (Fsp3) is 0.583. The van der Waals surface area contributed by atoms with Crippen molar-refractivity contribution in [1.82, 2.24) is 0 Å². The molecule has 0 N–H and O–H groups in total. The van der Waals surface area contributed by atoms with Crippen molar-refractivity contribution in [2.24, 2.45) is 5.92 Å². The second-order valence-electron chi connectivity index (χ2n) is 3.71. The van der Waals surface area contributed by atoms with Crippen molar-refractivity contribution in [3.8, 4) is 0 Å². The van der Waals surface area contributed by atoms with Crippen LogP contribution in [0.15, 0.2) is 24.3 Å². The van der Waals surface area contributed by atoms with Gasteiger partial charge in [0.25, 0.3) is 0 Å². The molecular formula is C12H20O. The Balaban J connectivity index is 3.82. The highest BCUT2D eigenvalue weighted by Gasteiger charge is 2.09. The van der Waals surface area contributed by atoms with Crippen LogP contribution in [0.2, 0.25) is 0 Å². The lowest BCUT2D eigenvalue weighted by atomic mass is 9.98. The normalized spacial score (nSPS) is 11.9. The predicted molar refractivity (Wildman–Crippen MR) is 57.7 cm³/mol. The van der Waals surface area contributed by atoms with E-state index in [9.17, 15) is 4.79 Å². The van der Waals surface area contributed by atoms with E-state index in [0.29, 0.717) is 12.2 Å². The fourth-order valence-corrected chi connectivity index (χ4v) is 1.03. The first-order valence-electron chi connectivity index (χ1n) is 4.85. The van der Waals surface area contributed by atoms with E-state index in [2.05, 4.69) is 26.5 Å². The zero-order chi connectivity index (χ0) is 10.3. The minimum Gasteiger partial charge on any atom is -0.299 e. The summed E-state index contributed by atoms with van der Waals surface area (Å²) in [6.45, 7) is 9.71. The van der Waals surface area contributed by atoms with E-state index in [1.165, 1.54) is 5.57 Å². The number of carbonyl (C=O) groups excluding carboxylic acids is 1. The van der Waals surface area contributed by atoms with Crippen molar-refractivity contribution in [1.29, 1.82) is 0 Å². The maximum absolute atomic E-state index is 11.4. The summed E-state index contributed by atoms with van der Waals surface area (Å²) in [5.74, 6) is 0.507. The zero-order valence-electron chi connectivity index (χ0n) is 8.97. The number of ketones is 1. The third-order valence-electron chi connectivity index (χ3n) is 2.02. The molecule has 0 radical (unpaired) electrons. The summed E-state index contributed by atoms with van der Waals surface area (Å²) in [6.07, 6.45) is 6.24. The molecule has 0 amide bonds. The number of allylic oxidation sites excluding steroid dienone is 3. The number of hydrogen-bond acceptors (Lipinski definition) is 1. The van der Waals surface area contributed by atoms with Crippen LogP contribution in [0.4, 0.5) is 0 Å². The first-order valence-corrected chi connectivity index (χ1v) is 4.85. The van der Waals surface area contributed by atoms with Gasteiger partial charge in [0.2, 0.25) is 0 Å². The summed E-state index contributed by atoms with van der Waals surface area (Å²) in [4.78, 5) is 11.4. The summed E-state index contributed by atoms with van der Waals surface area (Å²) in [7, 11) is 0. The number of Topliss-reactive ketones (excluding diaryl/α,β-unsaturated/α-hetero) is 1. The second kappa shape index (κ2) is 6.64. The Morgan fingerprint density at radius 2 is 2.08 bits per heavy atom. The number of carbonyl (C=O) groups is 1. The van der Waals surface area contributed by atoms with Gasteiger partial charge in [0.05, 0.1) is 0 Å². The van der Waals surface area contributed by atoms with Crippen LogP contribution in [0.1, 0.15) is 40.0 Å². The van der Waals surface area contributed by atoms with Crippen LogP contribution in [0.3, 0.4) is 0 Å². The minimum atomic E-state index is 0.162. The molecule has 74 valence electrons. The monoisotopic (exact) mass is 180 g/mol. The molecule has 1 nitrogen and oxygen atoms in total. The van der Waals surface area contributed by atoms with Gasteiger partial charge in [-0.2, -0.15) is 0 Å². The smallest absolute Gasteiger partial charge is 0.136 e. The van der Waals surface area contributed by atoms with Crippen molar-refractivity contribution >= 4 is 5.78 Å². The van der Waals surface area contributed by atoms with Crippen LogP contribution < -0.4 is 0 Å². The molecule has 0 bridgehead atoms. The molecule has 1 heteroatoms. The Labute approximate surface area is 81.5 Å². The summed E-state index contributed by atoms with van der Waals surface area (Å²) in [5, 5.41) is 0. The molecule has 0 aliphatic rings. The van der Waals surface area contributed by atoms with E-state index >= 15 is 0 Å². The van der Waals surface area contributed by atoms with E-state index in [0.717, 1.165) is 12.8 Å². The van der Waals surface area contributed by atoms with Gasteiger partial charge >= 0.3 is 0 Å². The van der Waals surface area contributed by atoms with Crippen LogP contribution in [0.5, 0.6) is 0 Å². The van der Waals surface area contributed by atoms with E-state index in [4.69, 9.17) is 0 Å². The molecule has 0 aliphatic carbocycles. The molecule has 0 rings (SSSR count). The number of rotatable bonds is 6. The lowest BCUT2D eigenvalue weighted by molar-refractivity contribution is -0.122.